The lowest BCUT2D eigenvalue weighted by molar-refractivity contribution is -0.142. The van der Waals surface area contributed by atoms with Crippen molar-refractivity contribution in [2.24, 2.45) is 0 Å². The van der Waals surface area contributed by atoms with E-state index in [4.69, 9.17) is 4.74 Å². The molecule has 3 aromatic carbocycles. The van der Waals surface area contributed by atoms with Gasteiger partial charge < -0.3 is 15.0 Å². The topological polar surface area (TPSA) is 58.6 Å². The molecule has 1 N–H and O–H groups in total. The minimum atomic E-state index is -0.655. The van der Waals surface area contributed by atoms with Gasteiger partial charge >= 0.3 is 0 Å². The van der Waals surface area contributed by atoms with Crippen LogP contribution in [0, 0.1) is 20.8 Å². The molecular formula is C29H34N2O3. The summed E-state index contributed by atoms with van der Waals surface area (Å²) < 4.78 is 5.94. The lowest BCUT2D eigenvalue weighted by Crippen LogP contribution is -2.51. The van der Waals surface area contributed by atoms with Crippen LogP contribution < -0.4 is 10.1 Å². The molecule has 3 aromatic rings. The molecule has 0 bridgehead atoms. The van der Waals surface area contributed by atoms with E-state index >= 15 is 0 Å². The number of amides is 2. The number of carbonyl (C=O) groups is 2. The Balaban J connectivity index is 1.91. The molecule has 0 aromatic heterocycles. The summed E-state index contributed by atoms with van der Waals surface area (Å²) in [6.45, 7) is 8.58. The number of aryl methyl sites for hydroxylation is 2. The normalized spacial score (nSPS) is 11.5. The smallest absolute Gasteiger partial charge is 0.261 e. The lowest BCUT2D eigenvalue weighted by Gasteiger charge is -2.31. The molecule has 5 nitrogen and oxygen atoms in total. The maximum Gasteiger partial charge on any atom is 0.261 e. The fourth-order valence-electron chi connectivity index (χ4n) is 3.96. The number of hydrogen-bond donors (Lipinski definition) is 1. The van der Waals surface area contributed by atoms with Crippen molar-refractivity contribution < 1.29 is 14.3 Å². The molecule has 1 atom stereocenters. The molecule has 0 spiro atoms. The highest BCUT2D eigenvalue weighted by Gasteiger charge is 2.30. The highest BCUT2D eigenvalue weighted by atomic mass is 16.5. The number of ether oxygens (including phenoxy) is 1. The highest BCUT2D eigenvalue weighted by Crippen LogP contribution is 2.21. The van der Waals surface area contributed by atoms with Gasteiger partial charge in [0.2, 0.25) is 5.91 Å². The molecule has 0 saturated heterocycles. The molecule has 0 aliphatic heterocycles. The third kappa shape index (κ3) is 6.70. The zero-order valence-electron chi connectivity index (χ0n) is 20.5. The summed E-state index contributed by atoms with van der Waals surface area (Å²) >= 11 is 0. The van der Waals surface area contributed by atoms with Crippen LogP contribution >= 0.6 is 0 Å². The fraction of sp³-hybridized carbons (Fsp3) is 0.310. The summed E-state index contributed by atoms with van der Waals surface area (Å²) in [6, 6.07) is 23.0. The van der Waals surface area contributed by atoms with E-state index in [1.54, 1.807) is 4.90 Å². The van der Waals surface area contributed by atoms with Gasteiger partial charge in [0.15, 0.2) is 6.61 Å². The maximum atomic E-state index is 13.6. The van der Waals surface area contributed by atoms with E-state index in [0.717, 1.165) is 27.8 Å². The molecule has 0 heterocycles. The zero-order valence-corrected chi connectivity index (χ0v) is 20.5. The number of likely N-dealkylation sites (N-methyl/N-ethyl adjacent to an activating group) is 1. The van der Waals surface area contributed by atoms with Gasteiger partial charge in [0.25, 0.3) is 5.91 Å². The zero-order chi connectivity index (χ0) is 24.5. The Morgan fingerprint density at radius 2 is 1.62 bits per heavy atom. The summed E-state index contributed by atoms with van der Waals surface area (Å²) in [5.41, 5.74) is 5.18. The van der Waals surface area contributed by atoms with Gasteiger partial charge in [0.1, 0.15) is 11.8 Å². The predicted octanol–water partition coefficient (Wildman–Crippen LogP) is 4.77. The van der Waals surface area contributed by atoms with E-state index in [-0.39, 0.29) is 18.4 Å². The third-order valence-electron chi connectivity index (χ3n) is 5.96. The lowest BCUT2D eigenvalue weighted by atomic mass is 10.0. The predicted molar refractivity (Wildman–Crippen MR) is 136 cm³/mol. The van der Waals surface area contributed by atoms with Gasteiger partial charge in [-0.2, -0.15) is 0 Å². The number of hydrogen-bond acceptors (Lipinski definition) is 3. The van der Waals surface area contributed by atoms with E-state index in [1.165, 1.54) is 0 Å². The standard InChI is InChI=1S/C29H34N2O3/c1-5-30-29(33)26(18-24-13-7-6-8-14-24)31(19-25-15-9-11-21(2)17-25)28(32)20-34-27-16-10-12-22(3)23(27)4/h6-17,26H,5,18-20H2,1-4H3,(H,30,33)/t26-/m1/s1. The number of nitrogens with zero attached hydrogens (tertiary/aromatic N) is 1. The van der Waals surface area contributed by atoms with E-state index in [0.29, 0.717) is 25.3 Å². The minimum Gasteiger partial charge on any atom is -0.483 e. The quantitative estimate of drug-likeness (QED) is 0.476. The molecule has 2 amide bonds. The number of carbonyl (C=O) groups excluding carboxylic acids is 2. The summed E-state index contributed by atoms with van der Waals surface area (Å²) in [7, 11) is 0. The van der Waals surface area contributed by atoms with Crippen molar-refractivity contribution in [3.8, 4) is 5.75 Å². The molecule has 0 saturated carbocycles. The van der Waals surface area contributed by atoms with Gasteiger partial charge in [-0.25, -0.2) is 0 Å². The first-order valence-electron chi connectivity index (χ1n) is 11.7. The second-order valence-electron chi connectivity index (χ2n) is 8.60. The summed E-state index contributed by atoms with van der Waals surface area (Å²) in [4.78, 5) is 28.4. The molecule has 0 aliphatic carbocycles. The monoisotopic (exact) mass is 458 g/mol. The van der Waals surface area contributed by atoms with Crippen molar-refractivity contribution in [2.45, 2.75) is 46.7 Å². The van der Waals surface area contributed by atoms with Crippen LogP contribution in [-0.4, -0.2) is 35.9 Å². The second-order valence-corrected chi connectivity index (χ2v) is 8.60. The Labute approximate surface area is 202 Å². The highest BCUT2D eigenvalue weighted by molar-refractivity contribution is 5.88. The largest absolute Gasteiger partial charge is 0.483 e. The Bertz CT molecular complexity index is 1110. The van der Waals surface area contributed by atoms with Crippen LogP contribution in [0.2, 0.25) is 0 Å². The van der Waals surface area contributed by atoms with Crippen LogP contribution in [0.15, 0.2) is 72.8 Å². The van der Waals surface area contributed by atoms with Crippen molar-refractivity contribution >= 4 is 11.8 Å². The van der Waals surface area contributed by atoms with Crippen LogP contribution in [0.1, 0.15) is 34.7 Å². The van der Waals surface area contributed by atoms with Gasteiger partial charge in [-0.15, -0.1) is 0 Å². The van der Waals surface area contributed by atoms with Crippen LogP contribution in [0.4, 0.5) is 0 Å². The van der Waals surface area contributed by atoms with E-state index in [1.807, 2.05) is 100 Å². The number of benzene rings is 3. The average Bonchev–Trinajstić information content (AvgIpc) is 2.83. The molecule has 178 valence electrons. The van der Waals surface area contributed by atoms with Crippen molar-refractivity contribution in [3.63, 3.8) is 0 Å². The van der Waals surface area contributed by atoms with E-state index in [9.17, 15) is 9.59 Å². The molecule has 0 aliphatic rings. The molecule has 3 rings (SSSR count). The Hall–Kier alpha value is -3.60. The van der Waals surface area contributed by atoms with Crippen LogP contribution in [0.25, 0.3) is 0 Å². The molecule has 0 fully saturated rings. The number of rotatable bonds is 10. The molecule has 0 unspecified atom stereocenters. The SMILES string of the molecule is CCNC(=O)[C@@H](Cc1ccccc1)N(Cc1cccc(C)c1)C(=O)COc1cccc(C)c1C. The first-order valence-corrected chi connectivity index (χ1v) is 11.7. The van der Waals surface area contributed by atoms with Gasteiger partial charge in [-0.05, 0) is 56.0 Å². The van der Waals surface area contributed by atoms with Crippen molar-refractivity contribution in [3.05, 3.63) is 101 Å². The van der Waals surface area contributed by atoms with Gasteiger partial charge in [-0.1, -0.05) is 72.3 Å². The van der Waals surface area contributed by atoms with Crippen LogP contribution in [0.3, 0.4) is 0 Å². The number of nitrogens with one attached hydrogen (secondary N) is 1. The van der Waals surface area contributed by atoms with Gasteiger partial charge in [0, 0.05) is 19.5 Å². The summed E-state index contributed by atoms with van der Waals surface area (Å²) in [5, 5.41) is 2.92. The second kappa shape index (κ2) is 12.0. The summed E-state index contributed by atoms with van der Waals surface area (Å²) in [6.07, 6.45) is 0.424. The van der Waals surface area contributed by atoms with Crippen molar-refractivity contribution in [1.82, 2.24) is 10.2 Å². The molecule has 5 heteroatoms. The Kier molecular flexibility index (Phi) is 8.86. The van der Waals surface area contributed by atoms with Crippen molar-refractivity contribution in [2.75, 3.05) is 13.2 Å². The molecule has 0 radical (unpaired) electrons. The first kappa shape index (κ1) is 25.0. The molecule has 34 heavy (non-hydrogen) atoms. The van der Waals surface area contributed by atoms with Crippen molar-refractivity contribution in [1.29, 1.82) is 0 Å². The molecular weight excluding hydrogens is 424 g/mol. The Morgan fingerprint density at radius 1 is 0.912 bits per heavy atom. The van der Waals surface area contributed by atoms with E-state index in [2.05, 4.69) is 5.32 Å². The summed E-state index contributed by atoms with van der Waals surface area (Å²) in [5.74, 6) is 0.287. The fourth-order valence-corrected chi connectivity index (χ4v) is 3.96. The Morgan fingerprint density at radius 3 is 2.32 bits per heavy atom. The van der Waals surface area contributed by atoms with Crippen LogP contribution in [0.5, 0.6) is 5.75 Å². The van der Waals surface area contributed by atoms with E-state index < -0.39 is 6.04 Å². The first-order chi connectivity index (χ1) is 16.4. The van der Waals surface area contributed by atoms with Crippen LogP contribution in [-0.2, 0) is 22.6 Å². The maximum absolute atomic E-state index is 13.6. The third-order valence-corrected chi connectivity index (χ3v) is 5.96. The van der Waals surface area contributed by atoms with Gasteiger partial charge in [-0.3, -0.25) is 9.59 Å². The minimum absolute atomic E-state index is 0.138. The van der Waals surface area contributed by atoms with Gasteiger partial charge in [0.05, 0.1) is 0 Å². The average molecular weight is 459 g/mol.